The highest BCUT2D eigenvalue weighted by molar-refractivity contribution is 9.10. The molecule has 124 valence electrons. The molecule has 0 heterocycles. The standard InChI is InChI=1S/C23H25Br/c24-23-4-2-1-3-21(23)17-6-8-18(9-7-17)22-14-16-11-15-5-10-20(22)19(12-15)13-16/h1-4,6-9,15-16,19-20,22H,5,10-14H2. The molecule has 3 fully saturated rings. The highest BCUT2D eigenvalue weighted by Crippen LogP contribution is 2.57. The van der Waals surface area contributed by atoms with Crippen molar-refractivity contribution in [2.75, 3.05) is 0 Å². The largest absolute Gasteiger partial charge is 0.0616 e. The number of rotatable bonds is 2. The van der Waals surface area contributed by atoms with Crippen LogP contribution in [0.15, 0.2) is 53.0 Å². The van der Waals surface area contributed by atoms with E-state index in [1.165, 1.54) is 54.1 Å². The number of halogens is 1. The number of hydrogen-bond acceptors (Lipinski definition) is 0. The van der Waals surface area contributed by atoms with E-state index < -0.39 is 0 Å². The third-order valence-corrected chi connectivity index (χ3v) is 7.77. The zero-order valence-corrected chi connectivity index (χ0v) is 15.7. The summed E-state index contributed by atoms with van der Waals surface area (Å²) in [7, 11) is 0. The second-order valence-corrected chi connectivity index (χ2v) is 9.24. The molecule has 3 saturated carbocycles. The molecule has 0 spiro atoms. The smallest absolute Gasteiger partial charge is 0.0253 e. The lowest BCUT2D eigenvalue weighted by Gasteiger charge is -2.52. The lowest BCUT2D eigenvalue weighted by atomic mass is 9.53. The van der Waals surface area contributed by atoms with E-state index in [1.807, 2.05) is 0 Å². The normalized spacial score (nSPS) is 34.3. The molecule has 1 heteroatoms. The Morgan fingerprint density at radius 2 is 1.54 bits per heavy atom. The predicted octanol–water partition coefficient (Wildman–Crippen LogP) is 7.05. The maximum atomic E-state index is 3.69. The minimum Gasteiger partial charge on any atom is -0.0616 e. The first-order valence-corrected chi connectivity index (χ1v) is 10.4. The van der Waals surface area contributed by atoms with Gasteiger partial charge < -0.3 is 0 Å². The maximum absolute atomic E-state index is 3.69. The molecule has 5 atom stereocenters. The van der Waals surface area contributed by atoms with Gasteiger partial charge in [0.1, 0.15) is 0 Å². The van der Waals surface area contributed by atoms with Gasteiger partial charge in [0, 0.05) is 4.47 Å². The van der Waals surface area contributed by atoms with Crippen LogP contribution in [0, 0.1) is 23.7 Å². The van der Waals surface area contributed by atoms with Crippen molar-refractivity contribution in [1.82, 2.24) is 0 Å². The fourth-order valence-corrected chi connectivity index (χ4v) is 6.62. The van der Waals surface area contributed by atoms with Crippen molar-refractivity contribution >= 4 is 15.9 Å². The molecule has 5 rings (SSSR count). The summed E-state index contributed by atoms with van der Waals surface area (Å²) in [4.78, 5) is 0. The Bertz CT molecular complexity index is 726. The van der Waals surface area contributed by atoms with E-state index >= 15 is 0 Å². The molecule has 0 aromatic heterocycles. The predicted molar refractivity (Wildman–Crippen MR) is 104 cm³/mol. The van der Waals surface area contributed by atoms with E-state index in [0.717, 1.165) is 29.6 Å². The first-order chi connectivity index (χ1) is 11.8. The zero-order valence-electron chi connectivity index (χ0n) is 14.1. The molecule has 0 nitrogen and oxygen atoms in total. The minimum atomic E-state index is 0.822. The first kappa shape index (κ1) is 15.2. The summed E-state index contributed by atoms with van der Waals surface area (Å²) in [5.74, 6) is 4.90. The van der Waals surface area contributed by atoms with Gasteiger partial charge in [-0.05, 0) is 84.5 Å². The first-order valence-electron chi connectivity index (χ1n) is 9.63. The van der Waals surface area contributed by atoms with Crippen LogP contribution in [-0.2, 0) is 0 Å². The van der Waals surface area contributed by atoms with Gasteiger partial charge in [0.2, 0.25) is 0 Å². The molecule has 2 aromatic rings. The van der Waals surface area contributed by atoms with Crippen LogP contribution in [0.25, 0.3) is 11.1 Å². The Balaban J connectivity index is 1.44. The van der Waals surface area contributed by atoms with Crippen LogP contribution in [-0.4, -0.2) is 0 Å². The molecule has 0 aliphatic heterocycles. The quantitative estimate of drug-likeness (QED) is 0.523. The van der Waals surface area contributed by atoms with Gasteiger partial charge in [-0.25, -0.2) is 0 Å². The molecule has 24 heavy (non-hydrogen) atoms. The number of benzene rings is 2. The molecule has 0 N–H and O–H groups in total. The van der Waals surface area contributed by atoms with Gasteiger partial charge in [-0.15, -0.1) is 0 Å². The second kappa shape index (κ2) is 6.02. The van der Waals surface area contributed by atoms with E-state index in [2.05, 4.69) is 64.5 Å². The van der Waals surface area contributed by atoms with Crippen LogP contribution in [0.2, 0.25) is 0 Å². The van der Waals surface area contributed by atoms with Crippen LogP contribution in [0.1, 0.15) is 50.0 Å². The van der Waals surface area contributed by atoms with Gasteiger partial charge in [0.15, 0.2) is 0 Å². The summed E-state index contributed by atoms with van der Waals surface area (Å²) >= 11 is 3.69. The fourth-order valence-electron chi connectivity index (χ4n) is 6.11. The van der Waals surface area contributed by atoms with E-state index in [4.69, 9.17) is 0 Å². The number of fused-ring (bicyclic) bond motifs is 2. The monoisotopic (exact) mass is 380 g/mol. The van der Waals surface area contributed by atoms with Crippen molar-refractivity contribution in [1.29, 1.82) is 0 Å². The van der Waals surface area contributed by atoms with Gasteiger partial charge in [-0.3, -0.25) is 0 Å². The molecule has 3 bridgehead atoms. The molecule has 3 aliphatic rings. The van der Waals surface area contributed by atoms with Crippen LogP contribution < -0.4 is 0 Å². The molecule has 0 radical (unpaired) electrons. The van der Waals surface area contributed by atoms with Crippen LogP contribution >= 0.6 is 15.9 Å². The molecule has 5 unspecified atom stereocenters. The summed E-state index contributed by atoms with van der Waals surface area (Å²) in [5, 5.41) is 0. The van der Waals surface area contributed by atoms with E-state index in [-0.39, 0.29) is 0 Å². The van der Waals surface area contributed by atoms with Gasteiger partial charge in [0.25, 0.3) is 0 Å². The van der Waals surface area contributed by atoms with E-state index in [0.29, 0.717) is 0 Å². The Morgan fingerprint density at radius 3 is 2.38 bits per heavy atom. The third-order valence-electron chi connectivity index (χ3n) is 7.08. The molecule has 3 aliphatic carbocycles. The fraction of sp³-hybridized carbons (Fsp3) is 0.478. The van der Waals surface area contributed by atoms with Gasteiger partial charge >= 0.3 is 0 Å². The summed E-state index contributed by atoms with van der Waals surface area (Å²) in [6.45, 7) is 0. The van der Waals surface area contributed by atoms with Crippen molar-refractivity contribution in [3.8, 4) is 11.1 Å². The van der Waals surface area contributed by atoms with Crippen molar-refractivity contribution < 1.29 is 0 Å². The topological polar surface area (TPSA) is 0 Å². The minimum absolute atomic E-state index is 0.822. The molecular weight excluding hydrogens is 356 g/mol. The van der Waals surface area contributed by atoms with Gasteiger partial charge in [0.05, 0.1) is 0 Å². The van der Waals surface area contributed by atoms with Crippen molar-refractivity contribution in [3.05, 3.63) is 58.6 Å². The molecule has 2 aromatic carbocycles. The van der Waals surface area contributed by atoms with E-state index in [9.17, 15) is 0 Å². The summed E-state index contributed by atoms with van der Waals surface area (Å²) in [6, 6.07) is 18.1. The highest BCUT2D eigenvalue weighted by atomic mass is 79.9. The molecule has 0 amide bonds. The van der Waals surface area contributed by atoms with Crippen LogP contribution in [0.3, 0.4) is 0 Å². The maximum Gasteiger partial charge on any atom is 0.0253 e. The van der Waals surface area contributed by atoms with Gasteiger partial charge in [-0.2, -0.15) is 0 Å². The second-order valence-electron chi connectivity index (χ2n) is 8.38. The Labute approximate surface area is 153 Å². The molecular formula is C23H25Br. The van der Waals surface area contributed by atoms with Crippen molar-refractivity contribution in [3.63, 3.8) is 0 Å². The lowest BCUT2D eigenvalue weighted by molar-refractivity contribution is 0.0152. The van der Waals surface area contributed by atoms with Crippen molar-refractivity contribution in [2.24, 2.45) is 23.7 Å². The summed E-state index contributed by atoms with van der Waals surface area (Å²) in [6.07, 6.45) is 9.03. The lowest BCUT2D eigenvalue weighted by Crippen LogP contribution is -2.41. The Hall–Kier alpha value is -1.08. The molecule has 0 saturated heterocycles. The summed E-state index contributed by atoms with van der Waals surface area (Å²) in [5.41, 5.74) is 4.22. The average molecular weight is 381 g/mol. The SMILES string of the molecule is Brc1ccccc1-c1ccc(C2CC3CC4CCC2C(C4)C3)cc1. The van der Waals surface area contributed by atoms with Crippen LogP contribution in [0.5, 0.6) is 0 Å². The van der Waals surface area contributed by atoms with Gasteiger partial charge in [-0.1, -0.05) is 64.8 Å². The van der Waals surface area contributed by atoms with E-state index in [1.54, 1.807) is 5.56 Å². The Kier molecular flexibility index (Phi) is 3.81. The summed E-state index contributed by atoms with van der Waals surface area (Å²) < 4.78 is 1.18. The average Bonchev–Trinajstić information content (AvgIpc) is 2.60. The zero-order chi connectivity index (χ0) is 16.1. The Morgan fingerprint density at radius 1 is 0.750 bits per heavy atom. The number of hydrogen-bond donors (Lipinski definition) is 0. The third kappa shape index (κ3) is 2.56. The van der Waals surface area contributed by atoms with Crippen molar-refractivity contribution in [2.45, 2.75) is 44.4 Å². The highest BCUT2D eigenvalue weighted by Gasteiger charge is 2.45. The van der Waals surface area contributed by atoms with Crippen LogP contribution in [0.4, 0.5) is 0 Å².